The average molecular weight is 423 g/mol. The Hall–Kier alpha value is -3.69. The van der Waals surface area contributed by atoms with Gasteiger partial charge in [0.25, 0.3) is 5.91 Å². The van der Waals surface area contributed by atoms with E-state index in [1.807, 2.05) is 24.3 Å². The summed E-state index contributed by atoms with van der Waals surface area (Å²) >= 11 is 6.07. The quantitative estimate of drug-likeness (QED) is 0.584. The zero-order chi connectivity index (χ0) is 21.5. The van der Waals surface area contributed by atoms with Crippen molar-refractivity contribution < 1.29 is 19.0 Å². The molecule has 0 atom stereocenters. The van der Waals surface area contributed by atoms with Crippen molar-refractivity contribution in [2.75, 3.05) is 26.1 Å². The molecule has 6 nitrogen and oxygen atoms in total. The molecule has 3 rings (SSSR count). The lowest BCUT2D eigenvalue weighted by Gasteiger charge is -2.13. The molecule has 0 bridgehead atoms. The largest absolute Gasteiger partial charge is 0.495 e. The molecule has 0 fully saturated rings. The lowest BCUT2D eigenvalue weighted by atomic mass is 10.0. The van der Waals surface area contributed by atoms with Crippen LogP contribution >= 0.6 is 11.6 Å². The molecule has 0 unspecified atom stereocenters. The third-order valence-electron chi connectivity index (χ3n) is 4.32. The Labute approximate surface area is 179 Å². The highest BCUT2D eigenvalue weighted by molar-refractivity contribution is 6.32. The van der Waals surface area contributed by atoms with E-state index in [2.05, 4.69) is 11.4 Å². The minimum atomic E-state index is -0.353. The maximum Gasteiger partial charge on any atom is 0.262 e. The predicted molar refractivity (Wildman–Crippen MR) is 115 cm³/mol. The first-order chi connectivity index (χ1) is 14.5. The number of anilines is 1. The number of halogens is 1. The van der Waals surface area contributed by atoms with Crippen LogP contribution in [-0.4, -0.2) is 26.7 Å². The molecule has 0 aliphatic carbocycles. The zero-order valence-corrected chi connectivity index (χ0v) is 17.2. The molecule has 0 aromatic heterocycles. The Morgan fingerprint density at radius 2 is 1.57 bits per heavy atom. The van der Waals surface area contributed by atoms with Crippen LogP contribution in [-0.2, 0) is 4.79 Å². The molecular weight excluding hydrogens is 404 g/mol. The standard InChI is InChI=1S/C23H19ClN2O4/c1-28-21-12-20(22(29-2)11-19(21)24)26-23(27)14-30-18-9-7-17(8-10-18)16-5-3-15(13-25)4-6-16/h3-12H,14H2,1-2H3,(H,26,27). The van der Waals surface area contributed by atoms with Gasteiger partial charge in [-0.15, -0.1) is 0 Å². The summed E-state index contributed by atoms with van der Waals surface area (Å²) < 4.78 is 16.0. The number of hydrogen-bond acceptors (Lipinski definition) is 5. The van der Waals surface area contributed by atoms with Crippen molar-refractivity contribution >= 4 is 23.2 Å². The Bertz CT molecular complexity index is 1070. The summed E-state index contributed by atoms with van der Waals surface area (Å²) in [6, 6.07) is 19.9. The molecule has 3 aromatic carbocycles. The molecule has 3 aromatic rings. The molecule has 0 aliphatic heterocycles. The summed E-state index contributed by atoms with van der Waals surface area (Å²) in [5.74, 6) is 1.05. The molecule has 152 valence electrons. The number of hydrogen-bond donors (Lipinski definition) is 1. The highest BCUT2D eigenvalue weighted by atomic mass is 35.5. The van der Waals surface area contributed by atoms with Crippen LogP contribution in [0.4, 0.5) is 5.69 Å². The number of nitriles is 1. The lowest BCUT2D eigenvalue weighted by molar-refractivity contribution is -0.118. The number of nitrogens with zero attached hydrogens (tertiary/aromatic N) is 1. The third-order valence-corrected chi connectivity index (χ3v) is 4.61. The smallest absolute Gasteiger partial charge is 0.262 e. The molecule has 7 heteroatoms. The summed E-state index contributed by atoms with van der Waals surface area (Å²) in [5, 5.41) is 12.0. The van der Waals surface area contributed by atoms with Crippen molar-refractivity contribution in [3.05, 3.63) is 71.2 Å². The predicted octanol–water partition coefficient (Wildman–Crippen LogP) is 4.91. The van der Waals surface area contributed by atoms with Crippen molar-refractivity contribution in [1.29, 1.82) is 5.26 Å². The van der Waals surface area contributed by atoms with Crippen LogP contribution < -0.4 is 19.5 Å². The number of ether oxygens (including phenoxy) is 3. The topological polar surface area (TPSA) is 80.6 Å². The summed E-state index contributed by atoms with van der Waals surface area (Å²) in [5.41, 5.74) is 3.01. The fourth-order valence-corrected chi connectivity index (χ4v) is 3.00. The van der Waals surface area contributed by atoms with Crippen LogP contribution in [0.1, 0.15) is 5.56 Å². The summed E-state index contributed by atoms with van der Waals surface area (Å²) in [6.45, 7) is -0.176. The number of methoxy groups -OCH3 is 2. The van der Waals surface area contributed by atoms with Crippen molar-refractivity contribution in [3.63, 3.8) is 0 Å². The maximum absolute atomic E-state index is 12.3. The van der Waals surface area contributed by atoms with Crippen molar-refractivity contribution in [3.8, 4) is 34.4 Å². The first-order valence-electron chi connectivity index (χ1n) is 8.99. The maximum atomic E-state index is 12.3. The van der Waals surface area contributed by atoms with Gasteiger partial charge in [0.1, 0.15) is 17.2 Å². The Morgan fingerprint density at radius 1 is 0.967 bits per heavy atom. The van der Waals surface area contributed by atoms with Crippen LogP contribution in [0, 0.1) is 11.3 Å². The second-order valence-electron chi connectivity index (χ2n) is 6.24. The van der Waals surface area contributed by atoms with Crippen molar-refractivity contribution in [1.82, 2.24) is 0 Å². The van der Waals surface area contributed by atoms with Gasteiger partial charge in [0.15, 0.2) is 6.61 Å². The Kier molecular flexibility index (Phi) is 6.79. The minimum absolute atomic E-state index is 0.176. The lowest BCUT2D eigenvalue weighted by Crippen LogP contribution is -2.20. The van der Waals surface area contributed by atoms with E-state index < -0.39 is 0 Å². The molecular formula is C23H19ClN2O4. The third kappa shape index (κ3) is 5.02. The van der Waals surface area contributed by atoms with Gasteiger partial charge in [0.05, 0.1) is 36.6 Å². The van der Waals surface area contributed by atoms with Gasteiger partial charge in [-0.3, -0.25) is 4.79 Å². The molecule has 0 saturated carbocycles. The average Bonchev–Trinajstić information content (AvgIpc) is 2.79. The molecule has 1 amide bonds. The van der Waals surface area contributed by atoms with Crippen LogP contribution in [0.15, 0.2) is 60.7 Å². The van der Waals surface area contributed by atoms with Crippen molar-refractivity contribution in [2.24, 2.45) is 0 Å². The molecule has 30 heavy (non-hydrogen) atoms. The number of benzene rings is 3. The van der Waals surface area contributed by atoms with Crippen molar-refractivity contribution in [2.45, 2.75) is 0 Å². The fraction of sp³-hybridized carbons (Fsp3) is 0.130. The zero-order valence-electron chi connectivity index (χ0n) is 16.4. The molecule has 0 aliphatic rings. The fourth-order valence-electron chi connectivity index (χ4n) is 2.77. The molecule has 0 heterocycles. The Balaban J connectivity index is 1.62. The first-order valence-corrected chi connectivity index (χ1v) is 9.36. The molecule has 0 saturated heterocycles. The van der Waals surface area contributed by atoms with E-state index in [1.165, 1.54) is 14.2 Å². The van der Waals surface area contributed by atoms with E-state index in [1.54, 1.807) is 36.4 Å². The van der Waals surface area contributed by atoms with Crippen LogP contribution in [0.25, 0.3) is 11.1 Å². The summed E-state index contributed by atoms with van der Waals surface area (Å²) in [6.07, 6.45) is 0. The summed E-state index contributed by atoms with van der Waals surface area (Å²) in [4.78, 5) is 12.3. The van der Waals surface area contributed by atoms with Gasteiger partial charge in [0, 0.05) is 12.1 Å². The van der Waals surface area contributed by atoms with Gasteiger partial charge in [-0.1, -0.05) is 35.9 Å². The number of rotatable bonds is 7. The van der Waals surface area contributed by atoms with E-state index in [-0.39, 0.29) is 12.5 Å². The van der Waals surface area contributed by atoms with E-state index >= 15 is 0 Å². The normalized spacial score (nSPS) is 10.1. The number of carbonyl (C=O) groups is 1. The van der Waals surface area contributed by atoms with Crippen LogP contribution in [0.3, 0.4) is 0 Å². The van der Waals surface area contributed by atoms with Gasteiger partial charge >= 0.3 is 0 Å². The van der Waals surface area contributed by atoms with Crippen LogP contribution in [0.2, 0.25) is 5.02 Å². The molecule has 1 N–H and O–H groups in total. The minimum Gasteiger partial charge on any atom is -0.495 e. The monoisotopic (exact) mass is 422 g/mol. The van der Waals surface area contributed by atoms with Gasteiger partial charge in [-0.05, 0) is 35.4 Å². The highest BCUT2D eigenvalue weighted by Gasteiger charge is 2.13. The van der Waals surface area contributed by atoms with E-state index in [0.717, 1.165) is 11.1 Å². The van der Waals surface area contributed by atoms with Gasteiger partial charge < -0.3 is 19.5 Å². The van der Waals surface area contributed by atoms with E-state index in [9.17, 15) is 4.79 Å². The highest BCUT2D eigenvalue weighted by Crippen LogP contribution is 2.35. The Morgan fingerprint density at radius 3 is 2.13 bits per heavy atom. The number of carbonyl (C=O) groups excluding carboxylic acids is 1. The number of nitrogens with one attached hydrogen (secondary N) is 1. The second-order valence-corrected chi connectivity index (χ2v) is 6.64. The SMILES string of the molecule is COc1cc(NC(=O)COc2ccc(-c3ccc(C#N)cc3)cc2)c(OC)cc1Cl. The van der Waals surface area contributed by atoms with E-state index in [4.69, 9.17) is 31.1 Å². The van der Waals surface area contributed by atoms with Crippen LogP contribution in [0.5, 0.6) is 17.2 Å². The summed E-state index contributed by atoms with van der Waals surface area (Å²) in [7, 11) is 2.98. The number of amides is 1. The molecule has 0 spiro atoms. The molecule has 0 radical (unpaired) electrons. The van der Waals surface area contributed by atoms with Gasteiger partial charge in [-0.2, -0.15) is 5.26 Å². The van der Waals surface area contributed by atoms with Gasteiger partial charge in [-0.25, -0.2) is 0 Å². The first kappa shape index (κ1) is 21.0. The van der Waals surface area contributed by atoms with E-state index in [0.29, 0.717) is 33.5 Å². The van der Waals surface area contributed by atoms with Gasteiger partial charge in [0.2, 0.25) is 0 Å². The second kappa shape index (κ2) is 9.68.